The maximum atomic E-state index is 12.7. The molecule has 0 heterocycles. The summed E-state index contributed by atoms with van der Waals surface area (Å²) in [6.45, 7) is 12.1. The molecule has 10 heteroatoms. The number of carbonyl (C=O) groups is 4. The van der Waals surface area contributed by atoms with Crippen molar-refractivity contribution in [2.24, 2.45) is 16.6 Å². The average molecular weight is 510 g/mol. The van der Waals surface area contributed by atoms with Crippen molar-refractivity contribution < 1.29 is 42.9 Å². The van der Waals surface area contributed by atoms with Crippen LogP contribution in [0.15, 0.2) is 18.2 Å². The first-order chi connectivity index (χ1) is 16.7. The van der Waals surface area contributed by atoms with Crippen LogP contribution in [0.4, 0.5) is 4.79 Å². The van der Waals surface area contributed by atoms with Crippen molar-refractivity contribution in [1.29, 1.82) is 0 Å². The van der Waals surface area contributed by atoms with Gasteiger partial charge in [-0.2, -0.15) is 0 Å². The molecule has 1 rings (SSSR count). The van der Waals surface area contributed by atoms with E-state index in [1.807, 2.05) is 13.8 Å². The van der Waals surface area contributed by atoms with Crippen molar-refractivity contribution in [2.45, 2.75) is 79.9 Å². The van der Waals surface area contributed by atoms with Gasteiger partial charge in [0.1, 0.15) is 18.8 Å². The van der Waals surface area contributed by atoms with Crippen molar-refractivity contribution >= 4 is 24.1 Å². The Labute approximate surface area is 212 Å². The lowest BCUT2D eigenvalue weighted by Crippen LogP contribution is -2.37. The molecule has 2 atom stereocenters. The van der Waals surface area contributed by atoms with E-state index in [0.29, 0.717) is 18.4 Å². The first-order valence-corrected chi connectivity index (χ1v) is 11.9. The van der Waals surface area contributed by atoms with Crippen LogP contribution in [-0.4, -0.2) is 49.9 Å². The van der Waals surface area contributed by atoms with Crippen LogP contribution >= 0.6 is 0 Å². The minimum Gasteiger partial charge on any atom is -0.458 e. The molecule has 36 heavy (non-hydrogen) atoms. The largest absolute Gasteiger partial charge is 0.508 e. The highest BCUT2D eigenvalue weighted by Gasteiger charge is 2.31. The van der Waals surface area contributed by atoms with E-state index in [-0.39, 0.29) is 24.5 Å². The van der Waals surface area contributed by atoms with Crippen LogP contribution in [0.5, 0.6) is 11.5 Å². The monoisotopic (exact) mass is 509 g/mol. The minimum absolute atomic E-state index is 0.0553. The summed E-state index contributed by atoms with van der Waals surface area (Å²) < 4.78 is 25.5. The fourth-order valence-corrected chi connectivity index (χ4v) is 2.51. The lowest BCUT2D eigenvalue weighted by molar-refractivity contribution is -0.152. The highest BCUT2D eigenvalue weighted by molar-refractivity contribution is 5.81. The number of ether oxygens (including phenoxy) is 5. The quantitative estimate of drug-likeness (QED) is 0.325. The average Bonchev–Trinajstić information content (AvgIpc) is 2.83. The van der Waals surface area contributed by atoms with Crippen molar-refractivity contribution in [2.75, 3.05) is 13.7 Å². The Hall–Kier alpha value is -3.14. The second-order valence-electron chi connectivity index (χ2n) is 9.86. The summed E-state index contributed by atoms with van der Waals surface area (Å²) in [5.74, 6) is -1.51. The fraction of sp³-hybridized carbons (Fsp3) is 0.615. The molecule has 0 aliphatic carbocycles. The minimum atomic E-state index is -1.05. The molecule has 0 radical (unpaired) electrons. The third-order valence-corrected chi connectivity index (χ3v) is 5.96. The summed E-state index contributed by atoms with van der Waals surface area (Å²) in [7, 11) is 1.17. The molecule has 0 aromatic heterocycles. The zero-order chi connectivity index (χ0) is 27.7. The van der Waals surface area contributed by atoms with E-state index in [1.54, 1.807) is 40.7 Å². The van der Waals surface area contributed by atoms with Crippen molar-refractivity contribution in [3.05, 3.63) is 23.8 Å². The van der Waals surface area contributed by atoms with Gasteiger partial charge in [0.25, 0.3) is 0 Å². The summed E-state index contributed by atoms with van der Waals surface area (Å²) in [6, 6.07) is 3.60. The van der Waals surface area contributed by atoms with Crippen LogP contribution in [0.3, 0.4) is 0 Å². The molecule has 0 saturated carbocycles. The van der Waals surface area contributed by atoms with Gasteiger partial charge in [-0.15, -0.1) is 0 Å². The molecular formula is C26H39NO9. The van der Waals surface area contributed by atoms with Crippen LogP contribution in [0.1, 0.15) is 66.9 Å². The van der Waals surface area contributed by atoms with E-state index < -0.39 is 47.0 Å². The van der Waals surface area contributed by atoms with E-state index in [4.69, 9.17) is 24.7 Å². The number of carbonyl (C=O) groups excluding carboxylic acids is 4. The number of methoxy groups -OCH3 is 1. The fourth-order valence-electron chi connectivity index (χ4n) is 2.51. The number of hydrogen-bond acceptors (Lipinski definition) is 10. The topological polar surface area (TPSA) is 140 Å². The van der Waals surface area contributed by atoms with Gasteiger partial charge in [-0.25, -0.2) is 4.79 Å². The summed E-state index contributed by atoms with van der Waals surface area (Å²) in [5, 5.41) is 0. The number of hydrogen-bond donors (Lipinski definition) is 1. The van der Waals surface area contributed by atoms with Gasteiger partial charge in [0.05, 0.1) is 17.9 Å². The molecule has 2 N–H and O–H groups in total. The van der Waals surface area contributed by atoms with E-state index >= 15 is 0 Å². The number of nitrogens with two attached hydrogens (primary N) is 1. The SMILES string of the molecule is CCC(C)(C)C(=O)Oc1ccc(C[C@H](N)C(=O)O[C@@H](C)COC(=O)OC)cc1OC(=O)C(C)(C)CC. The van der Waals surface area contributed by atoms with Crippen LogP contribution in [0.2, 0.25) is 0 Å². The smallest absolute Gasteiger partial charge is 0.458 e. The summed E-state index contributed by atoms with van der Waals surface area (Å²) in [5.41, 5.74) is 5.08. The Morgan fingerprint density at radius 3 is 1.94 bits per heavy atom. The molecule has 0 spiro atoms. The van der Waals surface area contributed by atoms with E-state index in [1.165, 1.54) is 19.2 Å². The second-order valence-corrected chi connectivity index (χ2v) is 9.86. The van der Waals surface area contributed by atoms with Crippen molar-refractivity contribution in [3.8, 4) is 11.5 Å². The van der Waals surface area contributed by atoms with Crippen molar-refractivity contribution in [3.63, 3.8) is 0 Å². The second kappa shape index (κ2) is 13.2. The molecule has 0 aliphatic heterocycles. The predicted molar refractivity (Wildman–Crippen MR) is 131 cm³/mol. The van der Waals surface area contributed by atoms with Gasteiger partial charge in [0.15, 0.2) is 11.5 Å². The number of rotatable bonds is 12. The van der Waals surface area contributed by atoms with Crippen LogP contribution in [0, 0.1) is 10.8 Å². The molecule has 1 aromatic rings. The van der Waals surface area contributed by atoms with Crippen LogP contribution in [0.25, 0.3) is 0 Å². The molecular weight excluding hydrogens is 470 g/mol. The van der Waals surface area contributed by atoms with Crippen LogP contribution in [-0.2, 0) is 35.0 Å². The molecule has 0 bridgehead atoms. The van der Waals surface area contributed by atoms with Gasteiger partial charge in [-0.3, -0.25) is 14.4 Å². The molecule has 0 aliphatic rings. The predicted octanol–water partition coefficient (Wildman–Crippen LogP) is 3.95. The zero-order valence-corrected chi connectivity index (χ0v) is 22.5. The molecule has 0 fully saturated rings. The molecule has 202 valence electrons. The lowest BCUT2D eigenvalue weighted by Gasteiger charge is -2.23. The number of benzene rings is 1. The Morgan fingerprint density at radius 2 is 1.44 bits per heavy atom. The van der Waals surface area contributed by atoms with Crippen molar-refractivity contribution in [1.82, 2.24) is 0 Å². The highest BCUT2D eigenvalue weighted by atomic mass is 16.7. The summed E-state index contributed by atoms with van der Waals surface area (Å²) in [6.07, 6.45) is -0.474. The van der Waals surface area contributed by atoms with E-state index in [2.05, 4.69) is 4.74 Å². The van der Waals surface area contributed by atoms with E-state index in [0.717, 1.165) is 0 Å². The molecule has 0 saturated heterocycles. The normalized spacial score (nSPS) is 13.2. The third-order valence-electron chi connectivity index (χ3n) is 5.96. The number of esters is 3. The third kappa shape index (κ3) is 9.14. The Balaban J connectivity index is 3.07. The molecule has 10 nitrogen and oxygen atoms in total. The molecule has 0 unspecified atom stereocenters. The zero-order valence-electron chi connectivity index (χ0n) is 22.5. The van der Waals surface area contributed by atoms with Gasteiger partial charge in [-0.05, 0) is 71.6 Å². The standard InChI is InChI=1S/C26H39NO9/c1-9-25(4,5)22(29)35-19-12-11-17(14-20(19)36-23(30)26(6,7)10-2)13-18(27)21(28)34-16(3)15-33-24(31)32-8/h11-12,14,16,18H,9-10,13,15,27H2,1-8H3/t16-,18-/m0/s1. The first kappa shape index (κ1) is 30.9. The van der Waals surface area contributed by atoms with Crippen LogP contribution < -0.4 is 15.2 Å². The highest BCUT2D eigenvalue weighted by Crippen LogP contribution is 2.34. The van der Waals surface area contributed by atoms with Gasteiger partial charge in [-0.1, -0.05) is 19.9 Å². The maximum Gasteiger partial charge on any atom is 0.508 e. The van der Waals surface area contributed by atoms with Gasteiger partial charge in [0.2, 0.25) is 0 Å². The van der Waals surface area contributed by atoms with Gasteiger partial charge >= 0.3 is 24.1 Å². The Bertz CT molecular complexity index is 939. The summed E-state index contributed by atoms with van der Waals surface area (Å²) >= 11 is 0. The molecule has 1 aromatic carbocycles. The molecule has 0 amide bonds. The van der Waals surface area contributed by atoms with E-state index in [9.17, 15) is 19.2 Å². The van der Waals surface area contributed by atoms with Gasteiger partial charge < -0.3 is 29.4 Å². The Morgan fingerprint density at radius 1 is 0.917 bits per heavy atom. The maximum absolute atomic E-state index is 12.7. The van der Waals surface area contributed by atoms with Gasteiger partial charge in [0, 0.05) is 0 Å². The lowest BCUT2D eigenvalue weighted by atomic mass is 9.90. The first-order valence-electron chi connectivity index (χ1n) is 11.9. The summed E-state index contributed by atoms with van der Waals surface area (Å²) in [4.78, 5) is 48.8. The Kier molecular flexibility index (Phi) is 11.4.